The van der Waals surface area contributed by atoms with Crippen LogP contribution in [0.5, 0.6) is 0 Å². The van der Waals surface area contributed by atoms with E-state index >= 15 is 0 Å². The number of likely N-dealkylation sites (N-methyl/N-ethyl adjacent to an activating group) is 1. The highest BCUT2D eigenvalue weighted by Gasteiger charge is 2.10. The van der Waals surface area contributed by atoms with Crippen LogP contribution in [0.1, 0.15) is 6.92 Å². The molecule has 15 heavy (non-hydrogen) atoms. The molecule has 0 radical (unpaired) electrons. The average molecular weight is 222 g/mol. The zero-order valence-electron chi connectivity index (χ0n) is 8.84. The van der Waals surface area contributed by atoms with E-state index in [4.69, 9.17) is 5.73 Å². The highest BCUT2D eigenvalue weighted by molar-refractivity contribution is 7.17. The number of nitrogens with two attached hydrogens (primary N) is 1. The summed E-state index contributed by atoms with van der Waals surface area (Å²) in [6, 6.07) is 2.14. The van der Waals surface area contributed by atoms with Gasteiger partial charge in [-0.2, -0.15) is 0 Å². The lowest BCUT2D eigenvalue weighted by atomic mass is 10.3. The molecule has 0 saturated heterocycles. The molecule has 2 N–H and O–H groups in total. The number of hydrogen-bond donors (Lipinski definition) is 1. The second-order valence-corrected chi connectivity index (χ2v) is 4.61. The van der Waals surface area contributed by atoms with Crippen molar-refractivity contribution in [3.8, 4) is 0 Å². The molecule has 2 aromatic heterocycles. The van der Waals surface area contributed by atoms with Crippen LogP contribution in [0.2, 0.25) is 0 Å². The van der Waals surface area contributed by atoms with Gasteiger partial charge in [-0.05, 0) is 18.4 Å². The largest absolute Gasteiger partial charge is 0.357 e. The Labute approximate surface area is 92.8 Å². The van der Waals surface area contributed by atoms with Gasteiger partial charge in [-0.3, -0.25) is 0 Å². The fourth-order valence-electron chi connectivity index (χ4n) is 1.57. The molecule has 2 aromatic rings. The zero-order valence-corrected chi connectivity index (χ0v) is 9.66. The van der Waals surface area contributed by atoms with Crippen LogP contribution in [0, 0.1) is 0 Å². The van der Waals surface area contributed by atoms with Crippen molar-refractivity contribution in [1.82, 2.24) is 9.97 Å². The summed E-state index contributed by atoms with van der Waals surface area (Å²) in [4.78, 5) is 10.6. The number of nitrogens with zero attached hydrogens (tertiary/aromatic N) is 3. The fraction of sp³-hybridized carbons (Fsp3) is 0.400. The number of anilines is 1. The first-order chi connectivity index (χ1) is 7.18. The van der Waals surface area contributed by atoms with Gasteiger partial charge in [0.05, 0.1) is 10.2 Å². The summed E-state index contributed by atoms with van der Waals surface area (Å²) in [6.45, 7) is 2.79. The molecule has 0 aliphatic heterocycles. The molecule has 4 nitrogen and oxygen atoms in total. The number of thiophene rings is 1. The smallest absolute Gasteiger partial charge is 0.149 e. The minimum Gasteiger partial charge on any atom is -0.357 e. The number of fused-ring (bicyclic) bond motifs is 1. The molecule has 0 amide bonds. The Balaban J connectivity index is 2.38. The molecular weight excluding hydrogens is 208 g/mol. The van der Waals surface area contributed by atoms with Gasteiger partial charge < -0.3 is 10.6 Å². The number of rotatable bonds is 3. The molecule has 2 heterocycles. The van der Waals surface area contributed by atoms with Crippen LogP contribution in [-0.2, 0) is 0 Å². The normalized spacial score (nSPS) is 13.0. The molecule has 0 saturated carbocycles. The summed E-state index contributed by atoms with van der Waals surface area (Å²) in [5.74, 6) is 0.965. The maximum atomic E-state index is 5.77. The Morgan fingerprint density at radius 1 is 1.53 bits per heavy atom. The molecule has 80 valence electrons. The molecule has 1 unspecified atom stereocenters. The van der Waals surface area contributed by atoms with Crippen LogP contribution in [0.4, 0.5) is 5.82 Å². The number of aromatic nitrogens is 2. The van der Waals surface area contributed by atoms with Crippen LogP contribution in [-0.4, -0.2) is 29.6 Å². The van der Waals surface area contributed by atoms with Crippen LogP contribution in [0.25, 0.3) is 10.2 Å². The third kappa shape index (κ3) is 2.08. The topological polar surface area (TPSA) is 55.0 Å². The van der Waals surface area contributed by atoms with E-state index in [2.05, 4.69) is 14.9 Å². The van der Waals surface area contributed by atoms with Gasteiger partial charge in [0.1, 0.15) is 12.1 Å². The van der Waals surface area contributed by atoms with E-state index in [1.807, 2.05) is 25.4 Å². The zero-order chi connectivity index (χ0) is 10.8. The maximum Gasteiger partial charge on any atom is 0.149 e. The van der Waals surface area contributed by atoms with Gasteiger partial charge >= 0.3 is 0 Å². The van der Waals surface area contributed by atoms with Crippen molar-refractivity contribution in [3.05, 3.63) is 17.8 Å². The molecule has 0 fully saturated rings. The first-order valence-corrected chi connectivity index (χ1v) is 5.71. The Morgan fingerprint density at radius 3 is 3.07 bits per heavy atom. The van der Waals surface area contributed by atoms with Crippen molar-refractivity contribution < 1.29 is 0 Å². The molecule has 2 rings (SSSR count). The van der Waals surface area contributed by atoms with Gasteiger partial charge in [0.25, 0.3) is 0 Å². The lowest BCUT2D eigenvalue weighted by Crippen LogP contribution is -2.33. The Bertz CT molecular complexity index is 451. The molecule has 0 aliphatic carbocycles. The van der Waals surface area contributed by atoms with Crippen molar-refractivity contribution in [2.24, 2.45) is 5.73 Å². The van der Waals surface area contributed by atoms with Crippen molar-refractivity contribution >= 4 is 27.4 Å². The minimum atomic E-state index is 0.139. The molecule has 0 aliphatic rings. The van der Waals surface area contributed by atoms with Gasteiger partial charge in [-0.25, -0.2) is 9.97 Å². The van der Waals surface area contributed by atoms with E-state index in [-0.39, 0.29) is 6.04 Å². The van der Waals surface area contributed by atoms with Gasteiger partial charge in [-0.15, -0.1) is 11.3 Å². The third-order valence-electron chi connectivity index (χ3n) is 2.15. The molecule has 0 aromatic carbocycles. The summed E-state index contributed by atoms with van der Waals surface area (Å²) < 4.78 is 1.13. The standard InChI is InChI=1S/C10H14N4S/c1-7(11)5-14(2)10-9-8(3-4-15-9)12-6-13-10/h3-4,6-7H,5,11H2,1-2H3. The highest BCUT2D eigenvalue weighted by Crippen LogP contribution is 2.26. The van der Waals surface area contributed by atoms with E-state index in [9.17, 15) is 0 Å². The molecule has 1 atom stereocenters. The second kappa shape index (κ2) is 4.12. The highest BCUT2D eigenvalue weighted by atomic mass is 32.1. The Morgan fingerprint density at radius 2 is 2.33 bits per heavy atom. The summed E-state index contributed by atoms with van der Waals surface area (Å²) in [6.07, 6.45) is 1.60. The third-order valence-corrected chi connectivity index (χ3v) is 3.05. The monoisotopic (exact) mass is 222 g/mol. The van der Waals surface area contributed by atoms with E-state index in [1.54, 1.807) is 17.7 Å². The predicted octanol–water partition coefficient (Wildman–Crippen LogP) is 1.47. The second-order valence-electron chi connectivity index (χ2n) is 3.69. The van der Waals surface area contributed by atoms with Gasteiger partial charge in [-0.1, -0.05) is 0 Å². The SMILES string of the molecule is CC(N)CN(C)c1ncnc2ccsc12. The van der Waals surface area contributed by atoms with Gasteiger partial charge in [0, 0.05) is 19.6 Å². The average Bonchev–Trinajstić information content (AvgIpc) is 2.63. The molecule has 0 spiro atoms. The van der Waals surface area contributed by atoms with Crippen LogP contribution >= 0.6 is 11.3 Å². The van der Waals surface area contributed by atoms with Crippen molar-refractivity contribution in [3.63, 3.8) is 0 Å². The number of hydrogen-bond acceptors (Lipinski definition) is 5. The fourth-order valence-corrected chi connectivity index (χ4v) is 2.45. The summed E-state index contributed by atoms with van der Waals surface area (Å²) in [7, 11) is 2.00. The molecular formula is C10H14N4S. The Kier molecular flexibility index (Phi) is 2.83. The van der Waals surface area contributed by atoms with Crippen molar-refractivity contribution in [2.45, 2.75) is 13.0 Å². The first-order valence-electron chi connectivity index (χ1n) is 4.83. The van der Waals surface area contributed by atoms with E-state index in [0.717, 1.165) is 22.6 Å². The van der Waals surface area contributed by atoms with E-state index in [1.165, 1.54) is 0 Å². The molecule has 0 bridgehead atoms. The lowest BCUT2D eigenvalue weighted by molar-refractivity contribution is 0.713. The van der Waals surface area contributed by atoms with Crippen LogP contribution in [0.3, 0.4) is 0 Å². The Hall–Kier alpha value is -1.20. The lowest BCUT2D eigenvalue weighted by Gasteiger charge is -2.20. The maximum absolute atomic E-state index is 5.77. The van der Waals surface area contributed by atoms with E-state index in [0.29, 0.717) is 0 Å². The quantitative estimate of drug-likeness (QED) is 0.854. The van der Waals surface area contributed by atoms with Crippen LogP contribution in [0.15, 0.2) is 17.8 Å². The minimum absolute atomic E-state index is 0.139. The molecule has 5 heteroatoms. The van der Waals surface area contributed by atoms with Crippen molar-refractivity contribution in [2.75, 3.05) is 18.5 Å². The first kappa shape index (κ1) is 10.3. The van der Waals surface area contributed by atoms with Crippen molar-refractivity contribution in [1.29, 1.82) is 0 Å². The predicted molar refractivity (Wildman–Crippen MR) is 64.3 cm³/mol. The van der Waals surface area contributed by atoms with Gasteiger partial charge in [0.15, 0.2) is 0 Å². The summed E-state index contributed by atoms with van der Waals surface area (Å²) in [5, 5.41) is 2.03. The summed E-state index contributed by atoms with van der Waals surface area (Å²) in [5.41, 5.74) is 6.77. The van der Waals surface area contributed by atoms with Crippen LogP contribution < -0.4 is 10.6 Å². The van der Waals surface area contributed by atoms with Gasteiger partial charge in [0.2, 0.25) is 0 Å². The van der Waals surface area contributed by atoms with E-state index < -0.39 is 0 Å². The summed E-state index contributed by atoms with van der Waals surface area (Å²) >= 11 is 1.66.